The van der Waals surface area contributed by atoms with E-state index in [4.69, 9.17) is 9.47 Å². The number of esters is 2. The minimum atomic E-state index is -0.502. The topological polar surface area (TPSA) is 93.1 Å². The zero-order chi connectivity index (χ0) is 46.5. The Morgan fingerprint density at radius 3 is 0.844 bits per heavy atom. The van der Waals surface area contributed by atoms with E-state index < -0.39 is 11.9 Å². The van der Waals surface area contributed by atoms with Gasteiger partial charge in [-0.2, -0.15) is 0 Å². The minimum absolute atomic E-state index is 0.139. The van der Waals surface area contributed by atoms with Crippen molar-refractivity contribution >= 4 is 11.9 Å². The molecule has 0 atom stereocenters. The number of benzene rings is 6. The number of fused-ring (bicyclic) bond motifs is 8. The van der Waals surface area contributed by atoms with Gasteiger partial charge in [0.25, 0.3) is 0 Å². The van der Waals surface area contributed by atoms with Crippen molar-refractivity contribution < 1.29 is 29.3 Å². The molecule has 7 rings (SSSR count). The molecule has 0 aromatic heterocycles. The van der Waals surface area contributed by atoms with Crippen molar-refractivity contribution in [1.29, 1.82) is 0 Å². The van der Waals surface area contributed by atoms with E-state index in [1.54, 1.807) is 24.3 Å². The Hall–Kier alpha value is -6.14. The summed E-state index contributed by atoms with van der Waals surface area (Å²) in [5.41, 5.74) is 9.42. The fraction of sp³-hybridized carbons (Fsp3) is 0.345. The lowest BCUT2D eigenvalue weighted by Crippen LogP contribution is -2.18. The third-order valence-electron chi connectivity index (χ3n) is 12.4. The molecule has 64 heavy (non-hydrogen) atoms. The van der Waals surface area contributed by atoms with Crippen LogP contribution in [-0.2, 0) is 47.3 Å². The Balaban J connectivity index is 1.61. The monoisotopic (exact) mass is 856 g/mol. The molecule has 1 aliphatic rings. The molecular weight excluding hydrogens is 793 g/mol. The van der Waals surface area contributed by atoms with Gasteiger partial charge in [-0.3, -0.25) is 0 Å². The van der Waals surface area contributed by atoms with Crippen LogP contribution in [0.2, 0.25) is 0 Å². The van der Waals surface area contributed by atoms with E-state index in [9.17, 15) is 19.8 Å². The Kier molecular flexibility index (Phi) is 12.3. The van der Waals surface area contributed by atoms with Gasteiger partial charge in [-0.25, -0.2) is 9.59 Å². The summed E-state index contributed by atoms with van der Waals surface area (Å²) in [5.74, 6) is 0.0741. The number of carbonyl (C=O) groups is 2. The van der Waals surface area contributed by atoms with Crippen LogP contribution < -0.4 is 9.47 Å². The molecule has 6 heteroatoms. The van der Waals surface area contributed by atoms with Crippen molar-refractivity contribution in [2.45, 2.75) is 130 Å². The third-order valence-corrected chi connectivity index (χ3v) is 12.4. The summed E-state index contributed by atoms with van der Waals surface area (Å²) in [7, 11) is 0. The highest BCUT2D eigenvalue weighted by molar-refractivity contribution is 5.92. The third kappa shape index (κ3) is 9.97. The molecule has 8 bridgehead atoms. The van der Waals surface area contributed by atoms with Gasteiger partial charge in [0.05, 0.1) is 11.1 Å². The smallest absolute Gasteiger partial charge is 0.343 e. The predicted octanol–water partition coefficient (Wildman–Crippen LogP) is 13.4. The van der Waals surface area contributed by atoms with Gasteiger partial charge in [-0.15, -0.1) is 0 Å². The van der Waals surface area contributed by atoms with Crippen LogP contribution in [0, 0.1) is 0 Å². The molecule has 0 aliphatic heterocycles. The second kappa shape index (κ2) is 17.1. The SMILES string of the molecule is CC(C)(C)c1cc2c(O)c(c1)Cc1cc(C(C)(C)C)cc(c1OC(=O)c1ccccc1)Cc1cc(C(C)(C)C)cc(c1OC(=O)c1ccccc1)Cc1cc(C(C)(C)C)cc(c1O)C2. The number of carbonyl (C=O) groups excluding carboxylic acids is 2. The van der Waals surface area contributed by atoms with Crippen molar-refractivity contribution in [3.8, 4) is 23.0 Å². The maximum Gasteiger partial charge on any atom is 0.343 e. The maximum atomic E-state index is 14.2. The molecule has 0 radical (unpaired) electrons. The second-order valence-corrected chi connectivity index (χ2v) is 21.8. The van der Waals surface area contributed by atoms with Crippen molar-refractivity contribution in [3.63, 3.8) is 0 Å². The Morgan fingerprint density at radius 2 is 0.594 bits per heavy atom. The van der Waals surface area contributed by atoms with E-state index in [0.717, 1.165) is 44.5 Å². The molecule has 2 N–H and O–H groups in total. The highest BCUT2D eigenvalue weighted by atomic mass is 16.5. The van der Waals surface area contributed by atoms with Crippen LogP contribution in [0.4, 0.5) is 0 Å². The first kappa shape index (κ1) is 45.9. The minimum Gasteiger partial charge on any atom is -0.507 e. The van der Waals surface area contributed by atoms with Crippen molar-refractivity contribution in [2.24, 2.45) is 0 Å². The van der Waals surface area contributed by atoms with Crippen LogP contribution in [0.15, 0.2) is 109 Å². The fourth-order valence-corrected chi connectivity index (χ4v) is 8.36. The van der Waals surface area contributed by atoms with Gasteiger partial charge in [-0.05, 0) is 90.4 Å². The van der Waals surface area contributed by atoms with E-state index in [1.165, 1.54) is 0 Å². The van der Waals surface area contributed by atoms with Gasteiger partial charge in [-0.1, -0.05) is 168 Å². The largest absolute Gasteiger partial charge is 0.507 e. The quantitative estimate of drug-likeness (QED) is 0.135. The number of ether oxygens (including phenoxy) is 2. The highest BCUT2D eigenvalue weighted by Crippen LogP contribution is 2.44. The van der Waals surface area contributed by atoms with Crippen LogP contribution in [0.3, 0.4) is 0 Å². The normalized spacial score (nSPS) is 13.3. The summed E-state index contributed by atoms with van der Waals surface area (Å²) in [5, 5.41) is 24.8. The van der Waals surface area contributed by atoms with Crippen LogP contribution in [0.25, 0.3) is 0 Å². The van der Waals surface area contributed by atoms with Crippen LogP contribution in [0.1, 0.15) is 171 Å². The lowest BCUT2D eigenvalue weighted by atomic mass is 9.79. The molecule has 6 nitrogen and oxygen atoms in total. The number of phenols is 2. The van der Waals surface area contributed by atoms with Crippen LogP contribution in [0.5, 0.6) is 23.0 Å². The van der Waals surface area contributed by atoms with Gasteiger partial charge in [0.2, 0.25) is 0 Å². The summed E-state index contributed by atoms with van der Waals surface area (Å²) in [6, 6.07) is 34.6. The average Bonchev–Trinajstić information content (AvgIpc) is 3.21. The summed E-state index contributed by atoms with van der Waals surface area (Å²) in [4.78, 5) is 28.4. The molecule has 0 unspecified atom stereocenters. The molecule has 332 valence electrons. The Bertz CT molecular complexity index is 2540. The zero-order valence-corrected chi connectivity index (χ0v) is 39.7. The molecule has 0 fully saturated rings. The molecule has 1 aliphatic carbocycles. The van der Waals surface area contributed by atoms with Gasteiger partial charge < -0.3 is 19.7 Å². The first-order chi connectivity index (χ1) is 29.9. The van der Waals surface area contributed by atoms with E-state index in [-0.39, 0.29) is 58.8 Å². The predicted molar refractivity (Wildman–Crippen MR) is 258 cm³/mol. The zero-order valence-electron chi connectivity index (χ0n) is 39.7. The fourth-order valence-electron chi connectivity index (χ4n) is 8.36. The van der Waals surface area contributed by atoms with Gasteiger partial charge in [0, 0.05) is 47.9 Å². The summed E-state index contributed by atoms with van der Waals surface area (Å²) >= 11 is 0. The molecule has 6 aromatic rings. The van der Waals surface area contributed by atoms with E-state index in [2.05, 4.69) is 132 Å². The van der Waals surface area contributed by atoms with Crippen LogP contribution in [-0.4, -0.2) is 22.2 Å². The molecule has 0 spiro atoms. The van der Waals surface area contributed by atoms with Crippen molar-refractivity contribution in [2.75, 3.05) is 0 Å². The Labute approximate surface area is 380 Å². The number of aromatic hydroxyl groups is 2. The van der Waals surface area contributed by atoms with E-state index in [1.807, 2.05) is 36.4 Å². The van der Waals surface area contributed by atoms with Gasteiger partial charge >= 0.3 is 11.9 Å². The number of phenolic OH excluding ortho intramolecular Hbond substituents is 2. The van der Waals surface area contributed by atoms with Gasteiger partial charge in [0.15, 0.2) is 0 Å². The molecule has 0 saturated heterocycles. The van der Waals surface area contributed by atoms with E-state index in [0.29, 0.717) is 44.9 Å². The summed E-state index contributed by atoms with van der Waals surface area (Å²) in [6.07, 6.45) is 0.998. The van der Waals surface area contributed by atoms with Gasteiger partial charge in [0.1, 0.15) is 23.0 Å². The first-order valence-electron chi connectivity index (χ1n) is 22.4. The first-order valence-corrected chi connectivity index (χ1v) is 22.4. The molecule has 6 aromatic carbocycles. The molecule has 0 saturated carbocycles. The van der Waals surface area contributed by atoms with Crippen molar-refractivity contribution in [3.05, 3.63) is 187 Å². The lowest BCUT2D eigenvalue weighted by Gasteiger charge is -2.28. The molecule has 0 heterocycles. The Morgan fingerprint density at radius 1 is 0.375 bits per heavy atom. The maximum absolute atomic E-state index is 14.2. The number of hydrogen-bond acceptors (Lipinski definition) is 6. The molecule has 0 amide bonds. The highest BCUT2D eigenvalue weighted by Gasteiger charge is 2.30. The molecular formula is C58H64O6. The number of rotatable bonds is 4. The van der Waals surface area contributed by atoms with Crippen molar-refractivity contribution in [1.82, 2.24) is 0 Å². The van der Waals surface area contributed by atoms with Crippen LogP contribution >= 0.6 is 0 Å². The lowest BCUT2D eigenvalue weighted by molar-refractivity contribution is 0.0724. The standard InChI is InChI=1S/C58H64O6/c1-55(2,3)45-27-37-23-38-28-46(56(4,5)6)30-40(50(38)60)25-42-32-48(58(10,11)12)34-44(52(42)64-54(62)36-21-17-14-18-22-36)26-43-33-47(57(7,8)9)31-41(24-39(29-45)49(37)59)51(43)63-53(61)35-19-15-13-16-20-35/h13-22,27-34,59-60H,23-26H2,1-12H3. The average molecular weight is 857 g/mol. The second-order valence-electron chi connectivity index (χ2n) is 21.8. The summed E-state index contributed by atoms with van der Waals surface area (Å²) < 4.78 is 13.2. The summed E-state index contributed by atoms with van der Waals surface area (Å²) in [6.45, 7) is 25.9. The number of hydrogen-bond donors (Lipinski definition) is 2. The van der Waals surface area contributed by atoms with E-state index >= 15 is 0 Å².